The summed E-state index contributed by atoms with van der Waals surface area (Å²) in [5.74, 6) is 0. The summed E-state index contributed by atoms with van der Waals surface area (Å²) in [4.78, 5) is 4.68. The molecule has 0 saturated heterocycles. The van der Waals surface area contributed by atoms with E-state index >= 15 is 0 Å². The van der Waals surface area contributed by atoms with Crippen LogP contribution in [0.5, 0.6) is 0 Å². The molecule has 1 aliphatic heterocycles. The number of fused-ring (bicyclic) bond motifs is 2. The van der Waals surface area contributed by atoms with Crippen LogP contribution in [0.1, 0.15) is 5.56 Å². The average molecular weight is 362 g/mol. The lowest BCUT2D eigenvalue weighted by molar-refractivity contribution is 0.195. The van der Waals surface area contributed by atoms with Crippen LogP contribution in [0, 0.1) is 6.92 Å². The fraction of sp³-hybridized carbons (Fsp3) is 0.182. The molecule has 0 saturated carbocycles. The quantitative estimate of drug-likeness (QED) is 0.664. The summed E-state index contributed by atoms with van der Waals surface area (Å²) in [6, 6.07) is 24.9. The van der Waals surface area contributed by atoms with E-state index in [4.69, 9.17) is 0 Å². The highest BCUT2D eigenvalue weighted by Crippen LogP contribution is 2.47. The van der Waals surface area contributed by atoms with Crippen molar-refractivity contribution in [2.75, 3.05) is 23.3 Å². The highest BCUT2D eigenvalue weighted by molar-refractivity contribution is 7.99. The summed E-state index contributed by atoms with van der Waals surface area (Å²) >= 11 is 1.79. The molecule has 4 heteroatoms. The molecule has 4 rings (SSSR count). The van der Waals surface area contributed by atoms with Gasteiger partial charge in [0.05, 0.1) is 24.0 Å². The second-order valence-electron chi connectivity index (χ2n) is 6.50. The maximum Gasteiger partial charge on any atom is 0.0891 e. The average Bonchev–Trinajstić information content (AvgIpc) is 2.67. The fourth-order valence-corrected chi connectivity index (χ4v) is 4.35. The standard InChI is InChI=1S/C22H22N2OS/c1-16-8-2-3-9-18(16)23-14-17(25)15-24-19-10-4-6-12-21(19)26-22-13-7-5-11-20(22)24/h2-13,17,23,25H,14-15H2,1H3/t17-/m0/s1. The van der Waals surface area contributed by atoms with Gasteiger partial charge in [-0.05, 0) is 42.8 Å². The second kappa shape index (κ2) is 7.44. The van der Waals surface area contributed by atoms with E-state index in [2.05, 4.69) is 71.7 Å². The van der Waals surface area contributed by atoms with Crippen molar-refractivity contribution in [3.63, 3.8) is 0 Å². The maximum atomic E-state index is 10.7. The molecule has 0 spiro atoms. The maximum absolute atomic E-state index is 10.7. The van der Waals surface area contributed by atoms with Crippen molar-refractivity contribution in [1.29, 1.82) is 0 Å². The molecule has 2 N–H and O–H groups in total. The summed E-state index contributed by atoms with van der Waals surface area (Å²) in [6.07, 6.45) is -0.487. The van der Waals surface area contributed by atoms with Crippen molar-refractivity contribution in [2.45, 2.75) is 22.8 Å². The number of hydrogen-bond donors (Lipinski definition) is 2. The molecule has 0 fully saturated rings. The number of nitrogens with zero attached hydrogens (tertiary/aromatic N) is 1. The van der Waals surface area contributed by atoms with Gasteiger partial charge in [-0.25, -0.2) is 0 Å². The Morgan fingerprint density at radius 3 is 2.12 bits per heavy atom. The van der Waals surface area contributed by atoms with Crippen molar-refractivity contribution >= 4 is 28.8 Å². The molecule has 26 heavy (non-hydrogen) atoms. The molecule has 132 valence electrons. The largest absolute Gasteiger partial charge is 0.389 e. The molecule has 3 aromatic carbocycles. The Morgan fingerprint density at radius 1 is 0.885 bits per heavy atom. The van der Waals surface area contributed by atoms with Gasteiger partial charge in [0.1, 0.15) is 0 Å². The molecule has 3 nitrogen and oxygen atoms in total. The number of hydrogen-bond acceptors (Lipinski definition) is 4. The Labute approximate surface area is 158 Å². The lowest BCUT2D eigenvalue weighted by atomic mass is 10.1. The first-order chi connectivity index (χ1) is 12.7. The highest BCUT2D eigenvalue weighted by atomic mass is 32.2. The zero-order valence-corrected chi connectivity index (χ0v) is 15.5. The number of rotatable bonds is 5. The van der Waals surface area contributed by atoms with Gasteiger partial charge < -0.3 is 15.3 Å². The Balaban J connectivity index is 1.53. The lowest BCUT2D eigenvalue weighted by Crippen LogP contribution is -2.34. The van der Waals surface area contributed by atoms with Gasteiger partial charge in [0, 0.05) is 22.0 Å². The van der Waals surface area contributed by atoms with Gasteiger partial charge in [-0.3, -0.25) is 0 Å². The van der Waals surface area contributed by atoms with Crippen LogP contribution in [-0.2, 0) is 0 Å². The van der Waals surface area contributed by atoms with Gasteiger partial charge in [-0.1, -0.05) is 54.2 Å². The molecule has 3 aromatic rings. The van der Waals surface area contributed by atoms with Gasteiger partial charge in [-0.2, -0.15) is 0 Å². The zero-order chi connectivity index (χ0) is 17.9. The minimum atomic E-state index is -0.487. The first kappa shape index (κ1) is 17.0. The van der Waals surface area contributed by atoms with Crippen LogP contribution in [0.4, 0.5) is 17.1 Å². The predicted octanol–water partition coefficient (Wildman–Crippen LogP) is 5.07. The number of nitrogens with one attached hydrogen (secondary N) is 1. The van der Waals surface area contributed by atoms with E-state index < -0.39 is 6.10 Å². The molecule has 1 heterocycles. The third-order valence-corrected chi connectivity index (χ3v) is 5.73. The van der Waals surface area contributed by atoms with Gasteiger partial charge in [0.2, 0.25) is 0 Å². The molecule has 0 aromatic heterocycles. The number of aliphatic hydroxyl groups excluding tert-OH is 1. The number of para-hydroxylation sites is 3. The van der Waals surface area contributed by atoms with Crippen molar-refractivity contribution in [3.05, 3.63) is 78.4 Å². The Hall–Kier alpha value is -2.43. The van der Waals surface area contributed by atoms with E-state index in [0.717, 1.165) is 17.1 Å². The number of β-amino-alcohol motifs (C(OH)–C–C–N with tert-alkyl or cyclic N) is 1. The summed E-state index contributed by atoms with van der Waals surface area (Å²) in [7, 11) is 0. The normalized spacial score (nSPS) is 13.7. The van der Waals surface area contributed by atoms with E-state index in [9.17, 15) is 5.11 Å². The topological polar surface area (TPSA) is 35.5 Å². The molecule has 0 unspecified atom stereocenters. The fourth-order valence-electron chi connectivity index (χ4n) is 3.25. The van der Waals surface area contributed by atoms with Crippen molar-refractivity contribution in [2.24, 2.45) is 0 Å². The molecular weight excluding hydrogens is 340 g/mol. The van der Waals surface area contributed by atoms with E-state index in [-0.39, 0.29) is 0 Å². The minimum Gasteiger partial charge on any atom is -0.389 e. The van der Waals surface area contributed by atoms with Crippen LogP contribution >= 0.6 is 11.8 Å². The smallest absolute Gasteiger partial charge is 0.0891 e. The van der Waals surface area contributed by atoms with Crippen LogP contribution in [0.15, 0.2) is 82.6 Å². The minimum absolute atomic E-state index is 0.487. The first-order valence-corrected chi connectivity index (χ1v) is 9.65. The molecule has 1 aliphatic rings. The van der Waals surface area contributed by atoms with Crippen LogP contribution in [0.2, 0.25) is 0 Å². The zero-order valence-electron chi connectivity index (χ0n) is 14.7. The van der Waals surface area contributed by atoms with Crippen LogP contribution in [0.3, 0.4) is 0 Å². The van der Waals surface area contributed by atoms with Gasteiger partial charge >= 0.3 is 0 Å². The molecular formula is C22H22N2OS. The monoisotopic (exact) mass is 362 g/mol. The molecule has 0 aliphatic carbocycles. The Morgan fingerprint density at radius 2 is 1.46 bits per heavy atom. The summed E-state index contributed by atoms with van der Waals surface area (Å²) in [6.45, 7) is 3.13. The van der Waals surface area contributed by atoms with E-state index in [0.29, 0.717) is 13.1 Å². The van der Waals surface area contributed by atoms with E-state index in [1.165, 1.54) is 15.4 Å². The van der Waals surface area contributed by atoms with Gasteiger partial charge in [0.25, 0.3) is 0 Å². The SMILES string of the molecule is Cc1ccccc1NC[C@H](O)CN1c2ccccc2Sc2ccccc21. The van der Waals surface area contributed by atoms with Crippen LogP contribution in [0.25, 0.3) is 0 Å². The number of aryl methyl sites for hydroxylation is 1. The first-order valence-electron chi connectivity index (χ1n) is 8.83. The van der Waals surface area contributed by atoms with Crippen LogP contribution in [-0.4, -0.2) is 24.3 Å². The lowest BCUT2D eigenvalue weighted by Gasteiger charge is -2.34. The number of anilines is 3. The van der Waals surface area contributed by atoms with Crippen molar-refractivity contribution < 1.29 is 5.11 Å². The van der Waals surface area contributed by atoms with Crippen LogP contribution < -0.4 is 10.2 Å². The molecule has 0 amide bonds. The van der Waals surface area contributed by atoms with Gasteiger partial charge in [-0.15, -0.1) is 0 Å². The summed E-state index contributed by atoms with van der Waals surface area (Å²) < 4.78 is 0. The molecule has 0 bridgehead atoms. The summed E-state index contributed by atoms with van der Waals surface area (Å²) in [5, 5.41) is 14.1. The number of benzene rings is 3. The predicted molar refractivity (Wildman–Crippen MR) is 110 cm³/mol. The van der Waals surface area contributed by atoms with E-state index in [1.54, 1.807) is 11.8 Å². The molecule has 0 radical (unpaired) electrons. The van der Waals surface area contributed by atoms with Crippen molar-refractivity contribution in [3.8, 4) is 0 Å². The third-order valence-electron chi connectivity index (χ3n) is 4.60. The Kier molecular flexibility index (Phi) is 4.87. The van der Waals surface area contributed by atoms with E-state index in [1.807, 2.05) is 18.2 Å². The number of aliphatic hydroxyl groups is 1. The third kappa shape index (κ3) is 3.43. The van der Waals surface area contributed by atoms with Gasteiger partial charge in [0.15, 0.2) is 0 Å². The summed E-state index contributed by atoms with van der Waals surface area (Å²) in [5.41, 5.74) is 4.57. The second-order valence-corrected chi connectivity index (χ2v) is 7.58. The Bertz CT molecular complexity index is 866. The molecule has 1 atom stereocenters. The highest BCUT2D eigenvalue weighted by Gasteiger charge is 2.24. The van der Waals surface area contributed by atoms with Crippen molar-refractivity contribution in [1.82, 2.24) is 0 Å².